The normalized spacial score (nSPS) is 14.4. The fraction of sp³-hybridized carbons (Fsp3) is 0.0741. The molecule has 0 saturated carbocycles. The number of nitro groups is 1. The SMILES string of the molecule is CC1=C(C(=O)Nc2ccccc2)C(c2ccccc2[N+](=O)[O-])n2ncc(C(=O)Nc3ccccc3)c2N1. The third-order valence-corrected chi connectivity index (χ3v) is 6.00. The highest BCUT2D eigenvalue weighted by Gasteiger charge is 2.38. The summed E-state index contributed by atoms with van der Waals surface area (Å²) in [5, 5.41) is 25.1. The molecule has 1 aliphatic rings. The highest BCUT2D eigenvalue weighted by atomic mass is 16.6. The average molecular weight is 495 g/mol. The molecule has 10 nitrogen and oxygen atoms in total. The first-order valence-corrected chi connectivity index (χ1v) is 11.5. The Kier molecular flexibility index (Phi) is 6.21. The molecule has 1 aliphatic heterocycles. The van der Waals surface area contributed by atoms with Crippen LogP contribution in [0.5, 0.6) is 0 Å². The number of allylic oxidation sites excluding steroid dienone is 1. The lowest BCUT2D eigenvalue weighted by Gasteiger charge is -2.30. The van der Waals surface area contributed by atoms with Gasteiger partial charge >= 0.3 is 0 Å². The minimum Gasteiger partial charge on any atom is -0.343 e. The minimum atomic E-state index is -0.958. The van der Waals surface area contributed by atoms with Crippen molar-refractivity contribution in [2.75, 3.05) is 16.0 Å². The highest BCUT2D eigenvalue weighted by Crippen LogP contribution is 2.41. The number of rotatable bonds is 6. The van der Waals surface area contributed by atoms with Crippen LogP contribution < -0.4 is 16.0 Å². The van der Waals surface area contributed by atoms with E-state index in [0.29, 0.717) is 22.9 Å². The van der Waals surface area contributed by atoms with E-state index in [-0.39, 0.29) is 22.4 Å². The van der Waals surface area contributed by atoms with Gasteiger partial charge in [-0.05, 0) is 37.3 Å². The van der Waals surface area contributed by atoms with E-state index in [1.54, 1.807) is 73.7 Å². The zero-order valence-corrected chi connectivity index (χ0v) is 19.7. The molecule has 5 rings (SSSR count). The minimum absolute atomic E-state index is 0.163. The number of anilines is 3. The number of benzene rings is 3. The zero-order valence-electron chi connectivity index (χ0n) is 19.7. The van der Waals surface area contributed by atoms with Crippen molar-refractivity contribution >= 4 is 34.7 Å². The first kappa shape index (κ1) is 23.5. The quantitative estimate of drug-likeness (QED) is 0.256. The van der Waals surface area contributed by atoms with Gasteiger partial charge in [0.25, 0.3) is 17.5 Å². The van der Waals surface area contributed by atoms with Crippen molar-refractivity contribution in [3.8, 4) is 0 Å². The number of nitro benzene ring substituents is 1. The third kappa shape index (κ3) is 4.55. The maximum atomic E-state index is 13.5. The number of amides is 2. The number of aromatic nitrogens is 2. The molecule has 0 saturated heterocycles. The second kappa shape index (κ2) is 9.78. The molecule has 2 amide bonds. The number of carbonyl (C=O) groups is 2. The predicted octanol–water partition coefficient (Wildman–Crippen LogP) is 4.97. The summed E-state index contributed by atoms with van der Waals surface area (Å²) in [6.07, 6.45) is 1.38. The summed E-state index contributed by atoms with van der Waals surface area (Å²) in [5.74, 6) is -0.535. The van der Waals surface area contributed by atoms with Crippen LogP contribution in [0.4, 0.5) is 22.9 Å². The first-order chi connectivity index (χ1) is 17.9. The first-order valence-electron chi connectivity index (χ1n) is 11.5. The summed E-state index contributed by atoms with van der Waals surface area (Å²) >= 11 is 0. The molecule has 0 spiro atoms. The molecule has 0 fully saturated rings. The van der Waals surface area contributed by atoms with Gasteiger partial charge in [-0.3, -0.25) is 19.7 Å². The molecular weight excluding hydrogens is 472 g/mol. The Bertz CT molecular complexity index is 1530. The van der Waals surface area contributed by atoms with Crippen LogP contribution in [0.25, 0.3) is 0 Å². The molecular formula is C27H22N6O4. The van der Waals surface area contributed by atoms with Gasteiger partial charge in [0, 0.05) is 23.1 Å². The van der Waals surface area contributed by atoms with Gasteiger partial charge in [0.2, 0.25) is 0 Å². The summed E-state index contributed by atoms with van der Waals surface area (Å²) < 4.78 is 1.44. The van der Waals surface area contributed by atoms with Crippen LogP contribution >= 0.6 is 0 Å². The second-order valence-electron chi connectivity index (χ2n) is 8.37. The number of carbonyl (C=O) groups excluding carboxylic acids is 2. The predicted molar refractivity (Wildman–Crippen MR) is 139 cm³/mol. The van der Waals surface area contributed by atoms with Crippen LogP contribution in [0, 0.1) is 10.1 Å². The summed E-state index contributed by atoms with van der Waals surface area (Å²) in [5.41, 5.74) is 2.20. The topological polar surface area (TPSA) is 131 Å². The van der Waals surface area contributed by atoms with Gasteiger partial charge in [0.15, 0.2) is 0 Å². The van der Waals surface area contributed by atoms with E-state index >= 15 is 0 Å². The van der Waals surface area contributed by atoms with E-state index in [9.17, 15) is 19.7 Å². The Morgan fingerprint density at radius 3 is 2.08 bits per heavy atom. The van der Waals surface area contributed by atoms with E-state index < -0.39 is 22.8 Å². The monoisotopic (exact) mass is 494 g/mol. The highest BCUT2D eigenvalue weighted by molar-refractivity contribution is 6.09. The molecule has 1 aromatic heterocycles. The molecule has 10 heteroatoms. The van der Waals surface area contributed by atoms with Crippen LogP contribution in [0.1, 0.15) is 28.9 Å². The molecule has 1 atom stereocenters. The zero-order chi connectivity index (χ0) is 25.9. The van der Waals surface area contributed by atoms with Gasteiger partial charge in [0.05, 0.1) is 22.3 Å². The number of fused-ring (bicyclic) bond motifs is 1. The van der Waals surface area contributed by atoms with E-state index in [1.165, 1.54) is 16.9 Å². The van der Waals surface area contributed by atoms with Crippen molar-refractivity contribution in [2.45, 2.75) is 13.0 Å². The molecule has 184 valence electrons. The lowest BCUT2D eigenvalue weighted by Crippen LogP contribution is -2.32. The van der Waals surface area contributed by atoms with Crippen molar-refractivity contribution < 1.29 is 14.5 Å². The summed E-state index contributed by atoms with van der Waals surface area (Å²) in [4.78, 5) is 38.1. The second-order valence-corrected chi connectivity index (χ2v) is 8.37. The molecule has 0 aliphatic carbocycles. The molecule has 4 aromatic rings. The lowest BCUT2D eigenvalue weighted by molar-refractivity contribution is -0.385. The Hall–Kier alpha value is -5.25. The van der Waals surface area contributed by atoms with Gasteiger partial charge in [0.1, 0.15) is 17.4 Å². The molecule has 0 radical (unpaired) electrons. The van der Waals surface area contributed by atoms with Crippen LogP contribution in [0.15, 0.2) is 102 Å². The van der Waals surface area contributed by atoms with E-state index in [1.807, 2.05) is 12.1 Å². The van der Waals surface area contributed by atoms with Crippen molar-refractivity contribution in [1.82, 2.24) is 9.78 Å². The molecule has 37 heavy (non-hydrogen) atoms. The van der Waals surface area contributed by atoms with Crippen LogP contribution in [0.2, 0.25) is 0 Å². The summed E-state index contributed by atoms with van der Waals surface area (Å²) in [7, 11) is 0. The van der Waals surface area contributed by atoms with E-state index in [0.717, 1.165) is 0 Å². The van der Waals surface area contributed by atoms with E-state index in [4.69, 9.17) is 0 Å². The summed E-state index contributed by atoms with van der Waals surface area (Å²) in [6, 6.07) is 23.1. The fourth-order valence-electron chi connectivity index (χ4n) is 4.33. The Morgan fingerprint density at radius 2 is 1.46 bits per heavy atom. The molecule has 3 N–H and O–H groups in total. The molecule has 0 bridgehead atoms. The van der Waals surface area contributed by atoms with Gasteiger partial charge in [-0.15, -0.1) is 0 Å². The number of hydrogen-bond donors (Lipinski definition) is 3. The van der Waals surface area contributed by atoms with Gasteiger partial charge < -0.3 is 16.0 Å². The maximum Gasteiger partial charge on any atom is 0.275 e. The van der Waals surface area contributed by atoms with Crippen molar-refractivity contribution in [3.05, 3.63) is 124 Å². The largest absolute Gasteiger partial charge is 0.343 e. The lowest BCUT2D eigenvalue weighted by atomic mass is 9.93. The van der Waals surface area contributed by atoms with Gasteiger partial charge in [-0.2, -0.15) is 5.10 Å². The average Bonchev–Trinajstić information content (AvgIpc) is 3.32. The molecule has 3 aromatic carbocycles. The van der Waals surface area contributed by atoms with Crippen LogP contribution in [-0.4, -0.2) is 26.5 Å². The number of nitrogens with one attached hydrogen (secondary N) is 3. The smallest absolute Gasteiger partial charge is 0.275 e. The van der Waals surface area contributed by atoms with Crippen molar-refractivity contribution in [2.24, 2.45) is 0 Å². The number of nitrogens with zero attached hydrogens (tertiary/aromatic N) is 3. The Morgan fingerprint density at radius 1 is 0.892 bits per heavy atom. The standard InChI is InChI=1S/C27H22N6O4/c1-17-23(27(35)31-19-12-6-3-7-13-19)24(20-14-8-9-15-22(20)33(36)37)32-25(29-17)21(16-28-32)26(34)30-18-10-4-2-5-11-18/h2-16,24,29H,1H3,(H,30,34)(H,31,35). The van der Waals surface area contributed by atoms with Gasteiger partial charge in [-0.25, -0.2) is 4.68 Å². The van der Waals surface area contributed by atoms with Crippen molar-refractivity contribution in [3.63, 3.8) is 0 Å². The van der Waals surface area contributed by atoms with Crippen LogP contribution in [0.3, 0.4) is 0 Å². The van der Waals surface area contributed by atoms with Gasteiger partial charge in [-0.1, -0.05) is 48.5 Å². The number of para-hydroxylation sites is 3. The molecule has 2 heterocycles. The van der Waals surface area contributed by atoms with E-state index in [2.05, 4.69) is 21.0 Å². The third-order valence-electron chi connectivity index (χ3n) is 6.00. The van der Waals surface area contributed by atoms with Crippen LogP contribution in [-0.2, 0) is 4.79 Å². The summed E-state index contributed by atoms with van der Waals surface area (Å²) in [6.45, 7) is 1.69. The number of hydrogen-bond acceptors (Lipinski definition) is 6. The Labute approximate surface area is 211 Å². The van der Waals surface area contributed by atoms with Crippen molar-refractivity contribution in [1.29, 1.82) is 0 Å². The maximum absolute atomic E-state index is 13.5. The molecule has 1 unspecified atom stereocenters. The fourth-order valence-corrected chi connectivity index (χ4v) is 4.33. The Balaban J connectivity index is 1.60.